The number of nitrogens with one attached hydrogen (secondary N) is 2. The number of hydrogen-bond donors (Lipinski definition) is 2. The van der Waals surface area contributed by atoms with Crippen molar-refractivity contribution in [2.45, 2.75) is 51.5 Å². The molecule has 2 N–H and O–H groups in total. The van der Waals surface area contributed by atoms with Crippen molar-refractivity contribution in [2.24, 2.45) is 11.8 Å². The maximum Gasteiger partial charge on any atom is 0.255 e. The Balaban J connectivity index is 1.60. The molecule has 1 fully saturated rings. The van der Waals surface area contributed by atoms with Crippen LogP contribution in [0.5, 0.6) is 0 Å². The van der Waals surface area contributed by atoms with E-state index in [0.29, 0.717) is 41.5 Å². The number of amides is 2. The monoisotopic (exact) mass is 521 g/mol. The number of fused-ring (bicyclic) bond motifs is 1. The molecule has 8 heteroatoms. The van der Waals surface area contributed by atoms with E-state index in [1.165, 1.54) is 0 Å². The minimum atomic E-state index is -3.87. The number of nitrogens with zero attached hydrogens (tertiary/aromatic N) is 1. The van der Waals surface area contributed by atoms with Gasteiger partial charge in [0.15, 0.2) is 0 Å². The van der Waals surface area contributed by atoms with Crippen LogP contribution in [0.15, 0.2) is 65.6 Å². The molecule has 1 aliphatic rings. The quantitative estimate of drug-likeness (QED) is 0.459. The van der Waals surface area contributed by atoms with Gasteiger partial charge in [-0.05, 0) is 48.9 Å². The summed E-state index contributed by atoms with van der Waals surface area (Å²) in [5.74, 6) is -0.183. The molecule has 4 rings (SSSR count). The van der Waals surface area contributed by atoms with Crippen LogP contribution in [0.3, 0.4) is 0 Å². The molecule has 3 aromatic rings. The van der Waals surface area contributed by atoms with Gasteiger partial charge < -0.3 is 10.2 Å². The van der Waals surface area contributed by atoms with Gasteiger partial charge in [0, 0.05) is 47.6 Å². The molecular formula is C29H35N3O4S. The summed E-state index contributed by atoms with van der Waals surface area (Å²) in [5, 5.41) is 4.13. The third-order valence-corrected chi connectivity index (χ3v) is 8.68. The van der Waals surface area contributed by atoms with Gasteiger partial charge in [-0.25, -0.2) is 13.1 Å². The molecule has 0 bridgehead atoms. The Labute approximate surface area is 219 Å². The van der Waals surface area contributed by atoms with Gasteiger partial charge in [-0.15, -0.1) is 0 Å². The lowest BCUT2D eigenvalue weighted by molar-refractivity contribution is -0.134. The van der Waals surface area contributed by atoms with Gasteiger partial charge in [0.05, 0.1) is 4.90 Å². The zero-order valence-electron chi connectivity index (χ0n) is 21.8. The van der Waals surface area contributed by atoms with Crippen LogP contribution in [0.25, 0.3) is 10.8 Å². The molecule has 196 valence electrons. The first-order valence-electron chi connectivity index (χ1n) is 12.8. The number of aryl methyl sites for hydroxylation is 1. The fraction of sp³-hybridized carbons (Fsp3) is 0.379. The fourth-order valence-corrected chi connectivity index (χ4v) is 6.90. The van der Waals surface area contributed by atoms with Crippen LogP contribution in [0.4, 0.5) is 5.69 Å². The molecule has 7 nitrogen and oxygen atoms in total. The number of sulfonamides is 1. The van der Waals surface area contributed by atoms with Crippen molar-refractivity contribution < 1.29 is 18.0 Å². The number of benzene rings is 3. The summed E-state index contributed by atoms with van der Waals surface area (Å²) in [4.78, 5) is 27.4. The third kappa shape index (κ3) is 5.70. The summed E-state index contributed by atoms with van der Waals surface area (Å²) in [5.41, 5.74) is 1.97. The van der Waals surface area contributed by atoms with Crippen molar-refractivity contribution in [3.05, 3.63) is 71.8 Å². The van der Waals surface area contributed by atoms with Crippen molar-refractivity contribution >= 4 is 38.3 Å². The van der Waals surface area contributed by atoms with Crippen LogP contribution in [-0.2, 0) is 14.8 Å². The fourth-order valence-electron chi connectivity index (χ4n) is 5.24. The van der Waals surface area contributed by atoms with E-state index in [9.17, 15) is 18.0 Å². The van der Waals surface area contributed by atoms with Gasteiger partial charge in [-0.1, -0.05) is 63.2 Å². The molecule has 0 saturated carbocycles. The van der Waals surface area contributed by atoms with Crippen LogP contribution in [-0.4, -0.2) is 44.3 Å². The highest BCUT2D eigenvalue weighted by atomic mass is 32.2. The minimum absolute atomic E-state index is 0.0294. The van der Waals surface area contributed by atoms with Crippen LogP contribution in [0.2, 0.25) is 0 Å². The SMILES string of the molecule is CCCC(=O)N1CC(C)C(NS(=O)(=O)c2ccc(NC(=O)c3ccccc3C)c3ccccc23)[C@H](C)C1. The van der Waals surface area contributed by atoms with Crippen molar-refractivity contribution in [1.29, 1.82) is 0 Å². The predicted octanol–water partition coefficient (Wildman–Crippen LogP) is 4.96. The van der Waals surface area contributed by atoms with E-state index >= 15 is 0 Å². The lowest BCUT2D eigenvalue weighted by Gasteiger charge is -2.41. The molecule has 2 amide bonds. The van der Waals surface area contributed by atoms with Crippen LogP contribution < -0.4 is 10.0 Å². The Morgan fingerprint density at radius 2 is 1.54 bits per heavy atom. The number of carbonyl (C=O) groups excluding carboxylic acids is 2. The molecule has 1 heterocycles. The van der Waals surface area contributed by atoms with Crippen molar-refractivity contribution in [1.82, 2.24) is 9.62 Å². The van der Waals surface area contributed by atoms with E-state index in [4.69, 9.17) is 0 Å². The highest BCUT2D eigenvalue weighted by Gasteiger charge is 2.36. The molecule has 1 aliphatic heterocycles. The Hall–Kier alpha value is -3.23. The lowest BCUT2D eigenvalue weighted by atomic mass is 9.86. The van der Waals surface area contributed by atoms with Gasteiger partial charge >= 0.3 is 0 Å². The highest BCUT2D eigenvalue weighted by Crippen LogP contribution is 2.31. The molecule has 1 saturated heterocycles. The zero-order chi connectivity index (χ0) is 26.7. The standard InChI is InChI=1S/C29H35N3O4S/c1-5-10-27(33)32-17-20(3)28(21(4)18-32)31-37(35,36)26-16-15-25(23-13-8-9-14-24(23)26)30-29(34)22-12-7-6-11-19(22)2/h6-9,11-16,20-21,28,31H,5,10,17-18H2,1-4H3,(H,30,34)/t20-,21?,28?/m1/s1. The van der Waals surface area contributed by atoms with Crippen LogP contribution in [0.1, 0.15) is 49.5 Å². The van der Waals surface area contributed by atoms with Crippen molar-refractivity contribution in [3.63, 3.8) is 0 Å². The summed E-state index contributed by atoms with van der Waals surface area (Å²) >= 11 is 0. The Kier molecular flexibility index (Phi) is 7.99. The molecule has 37 heavy (non-hydrogen) atoms. The molecule has 3 aromatic carbocycles. The van der Waals surface area contributed by atoms with Crippen molar-refractivity contribution in [2.75, 3.05) is 18.4 Å². The smallest absolute Gasteiger partial charge is 0.255 e. The summed E-state index contributed by atoms with van der Waals surface area (Å²) in [7, 11) is -3.87. The van der Waals surface area contributed by atoms with Gasteiger partial charge in [-0.3, -0.25) is 9.59 Å². The second-order valence-corrected chi connectivity index (χ2v) is 11.8. The Bertz CT molecular complexity index is 1410. The van der Waals surface area contributed by atoms with Crippen molar-refractivity contribution in [3.8, 4) is 0 Å². The normalized spacial score (nSPS) is 20.1. The van der Waals surface area contributed by atoms with E-state index in [2.05, 4.69) is 10.0 Å². The number of likely N-dealkylation sites (tertiary alicyclic amines) is 1. The first-order valence-corrected chi connectivity index (χ1v) is 14.3. The second-order valence-electron chi connectivity index (χ2n) is 10.1. The molecule has 0 radical (unpaired) electrons. The van der Waals surface area contributed by atoms with E-state index in [1.54, 1.807) is 30.3 Å². The molecule has 2 unspecified atom stereocenters. The first kappa shape index (κ1) is 26.8. The lowest BCUT2D eigenvalue weighted by Crippen LogP contribution is -2.56. The van der Waals surface area contributed by atoms with Crippen LogP contribution in [0, 0.1) is 18.8 Å². The highest BCUT2D eigenvalue weighted by molar-refractivity contribution is 7.89. The molecule has 3 atom stereocenters. The predicted molar refractivity (Wildman–Crippen MR) is 147 cm³/mol. The molecule has 0 aliphatic carbocycles. The van der Waals surface area contributed by atoms with Gasteiger partial charge in [0.1, 0.15) is 0 Å². The van der Waals surface area contributed by atoms with E-state index < -0.39 is 10.0 Å². The average molecular weight is 522 g/mol. The summed E-state index contributed by atoms with van der Waals surface area (Å²) in [6.07, 6.45) is 1.30. The van der Waals surface area contributed by atoms with Gasteiger partial charge in [-0.2, -0.15) is 0 Å². The molecular weight excluding hydrogens is 486 g/mol. The average Bonchev–Trinajstić information content (AvgIpc) is 2.86. The zero-order valence-corrected chi connectivity index (χ0v) is 22.6. The summed E-state index contributed by atoms with van der Waals surface area (Å²) in [6.45, 7) is 8.88. The minimum Gasteiger partial charge on any atom is -0.342 e. The van der Waals surface area contributed by atoms with E-state index in [-0.39, 0.29) is 34.6 Å². The van der Waals surface area contributed by atoms with E-state index in [1.807, 2.05) is 62.9 Å². The number of hydrogen-bond acceptors (Lipinski definition) is 4. The molecule has 0 spiro atoms. The Morgan fingerprint density at radius 3 is 2.19 bits per heavy atom. The largest absolute Gasteiger partial charge is 0.342 e. The number of rotatable bonds is 7. The third-order valence-electron chi connectivity index (χ3n) is 7.16. The maximum atomic E-state index is 13.6. The maximum absolute atomic E-state index is 13.6. The molecule has 0 aromatic heterocycles. The van der Waals surface area contributed by atoms with Gasteiger partial charge in [0.2, 0.25) is 15.9 Å². The summed E-state index contributed by atoms with van der Waals surface area (Å²) in [6, 6.07) is 17.4. The number of carbonyl (C=O) groups is 2. The number of anilines is 1. The van der Waals surface area contributed by atoms with Crippen LogP contribution >= 0.6 is 0 Å². The number of piperidine rings is 1. The first-order chi connectivity index (χ1) is 17.6. The Morgan fingerprint density at radius 1 is 0.919 bits per heavy atom. The van der Waals surface area contributed by atoms with E-state index in [0.717, 1.165) is 12.0 Å². The summed E-state index contributed by atoms with van der Waals surface area (Å²) < 4.78 is 30.2. The second kappa shape index (κ2) is 11.0. The topological polar surface area (TPSA) is 95.6 Å². The van der Waals surface area contributed by atoms with Gasteiger partial charge in [0.25, 0.3) is 5.91 Å².